The minimum Gasteiger partial charge on any atom is -0.315 e. The number of thiazole rings is 1. The first-order valence-corrected chi connectivity index (χ1v) is 7.50. The molecule has 1 heterocycles. The maximum atomic E-state index is 11.1. The highest BCUT2D eigenvalue weighted by molar-refractivity contribution is 7.07. The Morgan fingerprint density at radius 3 is 2.80 bits per heavy atom. The summed E-state index contributed by atoms with van der Waals surface area (Å²) in [4.78, 5) is 13.9. The summed E-state index contributed by atoms with van der Waals surface area (Å²) in [7, 11) is 0. The van der Waals surface area contributed by atoms with Crippen LogP contribution in [0.5, 0.6) is 0 Å². The molecule has 0 aliphatic heterocycles. The maximum absolute atomic E-state index is 11.1. The van der Waals surface area contributed by atoms with Gasteiger partial charge in [0.25, 0.3) is 0 Å². The minimum atomic E-state index is -0.000357. The monoisotopic (exact) mass is 284 g/mol. The molecule has 3 aromatic rings. The van der Waals surface area contributed by atoms with Gasteiger partial charge in [0, 0.05) is 23.7 Å². The molecule has 0 saturated carbocycles. The smallest absolute Gasteiger partial charge is 0.304 e. The summed E-state index contributed by atoms with van der Waals surface area (Å²) in [6.45, 7) is 2.81. The lowest BCUT2D eigenvalue weighted by molar-refractivity contribution is 0.572. The van der Waals surface area contributed by atoms with Crippen LogP contribution in [-0.2, 0) is 6.54 Å². The highest BCUT2D eigenvalue weighted by atomic mass is 32.1. The average molecular weight is 284 g/mol. The van der Waals surface area contributed by atoms with Gasteiger partial charge in [-0.25, -0.2) is 0 Å². The highest BCUT2D eigenvalue weighted by Crippen LogP contribution is 2.24. The summed E-state index contributed by atoms with van der Waals surface area (Å²) >= 11 is 1.20. The van der Waals surface area contributed by atoms with E-state index < -0.39 is 0 Å². The fourth-order valence-electron chi connectivity index (χ4n) is 2.40. The van der Waals surface area contributed by atoms with E-state index in [0.29, 0.717) is 6.54 Å². The molecule has 102 valence electrons. The molecule has 0 spiro atoms. The molecule has 1 unspecified atom stereocenters. The Morgan fingerprint density at radius 1 is 1.20 bits per heavy atom. The number of nitrogens with one attached hydrogen (secondary N) is 2. The normalized spacial score (nSPS) is 12.7. The average Bonchev–Trinajstić information content (AvgIpc) is 2.90. The van der Waals surface area contributed by atoms with Gasteiger partial charge in [0.2, 0.25) is 0 Å². The number of rotatable bonds is 4. The third-order valence-corrected chi connectivity index (χ3v) is 4.18. The van der Waals surface area contributed by atoms with Crippen molar-refractivity contribution in [3.05, 3.63) is 68.8 Å². The Bertz CT molecular complexity index is 770. The molecular weight excluding hydrogens is 268 g/mol. The molecule has 0 aliphatic rings. The van der Waals surface area contributed by atoms with E-state index in [-0.39, 0.29) is 10.9 Å². The molecule has 20 heavy (non-hydrogen) atoms. The molecule has 0 radical (unpaired) electrons. The summed E-state index contributed by atoms with van der Waals surface area (Å²) in [6, 6.07) is 15.0. The van der Waals surface area contributed by atoms with Gasteiger partial charge in [0.1, 0.15) is 0 Å². The predicted molar refractivity (Wildman–Crippen MR) is 84.1 cm³/mol. The van der Waals surface area contributed by atoms with Gasteiger partial charge in [0.15, 0.2) is 0 Å². The summed E-state index contributed by atoms with van der Waals surface area (Å²) in [5.41, 5.74) is 2.22. The van der Waals surface area contributed by atoms with E-state index in [9.17, 15) is 4.79 Å². The van der Waals surface area contributed by atoms with Crippen LogP contribution in [0.4, 0.5) is 0 Å². The maximum Gasteiger partial charge on any atom is 0.304 e. The summed E-state index contributed by atoms with van der Waals surface area (Å²) in [6.07, 6.45) is 0. The fraction of sp³-hybridized carbons (Fsp3) is 0.188. The Hall–Kier alpha value is -1.91. The molecule has 4 heteroatoms. The van der Waals surface area contributed by atoms with Gasteiger partial charge in [0.05, 0.1) is 0 Å². The fourth-order valence-corrected chi connectivity index (χ4v) is 2.98. The van der Waals surface area contributed by atoms with Gasteiger partial charge in [-0.15, -0.1) is 0 Å². The van der Waals surface area contributed by atoms with Gasteiger partial charge in [-0.1, -0.05) is 53.8 Å². The molecule has 1 aromatic heterocycles. The Labute approximate surface area is 121 Å². The molecule has 0 aliphatic carbocycles. The van der Waals surface area contributed by atoms with Crippen molar-refractivity contribution in [3.63, 3.8) is 0 Å². The lowest BCUT2D eigenvalue weighted by atomic mass is 10.00. The SMILES string of the molecule is CC(NCc1csc(=O)[nH]1)c1cccc2ccccc12. The summed E-state index contributed by atoms with van der Waals surface area (Å²) in [5.74, 6) is 0. The minimum absolute atomic E-state index is 0.000357. The van der Waals surface area contributed by atoms with Crippen LogP contribution < -0.4 is 10.2 Å². The third-order valence-electron chi connectivity index (χ3n) is 3.46. The van der Waals surface area contributed by atoms with Gasteiger partial charge >= 0.3 is 4.87 Å². The van der Waals surface area contributed by atoms with Crippen molar-refractivity contribution in [2.75, 3.05) is 0 Å². The van der Waals surface area contributed by atoms with Crippen LogP contribution in [0.3, 0.4) is 0 Å². The molecule has 3 rings (SSSR count). The molecule has 0 bridgehead atoms. The van der Waals surface area contributed by atoms with Crippen LogP contribution in [0.2, 0.25) is 0 Å². The first-order chi connectivity index (χ1) is 9.74. The second-order valence-corrected chi connectivity index (χ2v) is 5.69. The summed E-state index contributed by atoms with van der Waals surface area (Å²) < 4.78 is 0. The molecular formula is C16H16N2OS. The zero-order valence-corrected chi connectivity index (χ0v) is 12.0. The van der Waals surface area contributed by atoms with Crippen molar-refractivity contribution < 1.29 is 0 Å². The second-order valence-electron chi connectivity index (χ2n) is 4.84. The van der Waals surface area contributed by atoms with E-state index in [1.165, 1.54) is 27.7 Å². The Kier molecular flexibility index (Phi) is 3.67. The van der Waals surface area contributed by atoms with Gasteiger partial charge < -0.3 is 10.3 Å². The van der Waals surface area contributed by atoms with Crippen molar-refractivity contribution in [1.29, 1.82) is 0 Å². The van der Waals surface area contributed by atoms with Crippen molar-refractivity contribution >= 4 is 22.1 Å². The largest absolute Gasteiger partial charge is 0.315 e. The third kappa shape index (κ3) is 2.66. The number of benzene rings is 2. The first kappa shape index (κ1) is 13.1. The molecule has 3 nitrogen and oxygen atoms in total. The highest BCUT2D eigenvalue weighted by Gasteiger charge is 2.09. The predicted octanol–water partition coefficient (Wildman–Crippen LogP) is 3.44. The number of hydrogen-bond donors (Lipinski definition) is 2. The molecule has 2 aromatic carbocycles. The summed E-state index contributed by atoms with van der Waals surface area (Å²) in [5, 5.41) is 7.85. The molecule has 0 amide bonds. The van der Waals surface area contributed by atoms with Gasteiger partial charge in [-0.2, -0.15) is 0 Å². The Morgan fingerprint density at radius 2 is 2.00 bits per heavy atom. The van der Waals surface area contributed by atoms with Crippen molar-refractivity contribution in [2.45, 2.75) is 19.5 Å². The van der Waals surface area contributed by atoms with Crippen molar-refractivity contribution in [3.8, 4) is 0 Å². The molecule has 2 N–H and O–H groups in total. The number of aromatic nitrogens is 1. The van der Waals surface area contributed by atoms with Gasteiger partial charge in [-0.05, 0) is 23.3 Å². The lowest BCUT2D eigenvalue weighted by Gasteiger charge is -2.16. The van der Waals surface area contributed by atoms with Gasteiger partial charge in [-0.3, -0.25) is 4.79 Å². The van der Waals surface area contributed by atoms with E-state index >= 15 is 0 Å². The Balaban J connectivity index is 1.81. The number of aromatic amines is 1. The van der Waals surface area contributed by atoms with Crippen LogP contribution in [-0.4, -0.2) is 4.98 Å². The first-order valence-electron chi connectivity index (χ1n) is 6.62. The van der Waals surface area contributed by atoms with Crippen LogP contribution in [0.1, 0.15) is 24.2 Å². The second kappa shape index (κ2) is 5.61. The van der Waals surface area contributed by atoms with E-state index in [2.05, 4.69) is 59.7 Å². The van der Waals surface area contributed by atoms with Crippen LogP contribution in [0.25, 0.3) is 10.8 Å². The van der Waals surface area contributed by atoms with E-state index in [0.717, 1.165) is 5.69 Å². The zero-order valence-electron chi connectivity index (χ0n) is 11.2. The van der Waals surface area contributed by atoms with E-state index in [1.807, 2.05) is 5.38 Å². The van der Waals surface area contributed by atoms with Crippen LogP contribution in [0, 0.1) is 0 Å². The zero-order chi connectivity index (χ0) is 13.9. The topological polar surface area (TPSA) is 44.9 Å². The van der Waals surface area contributed by atoms with Crippen LogP contribution >= 0.6 is 11.3 Å². The standard InChI is InChI=1S/C16H16N2OS/c1-11(17-9-13-10-20-16(19)18-13)14-8-4-6-12-5-2-3-7-15(12)14/h2-8,10-11,17H,9H2,1H3,(H,18,19). The molecule has 1 atom stereocenters. The number of fused-ring (bicyclic) bond motifs is 1. The number of hydrogen-bond acceptors (Lipinski definition) is 3. The number of H-pyrrole nitrogens is 1. The van der Waals surface area contributed by atoms with Crippen molar-refractivity contribution in [2.24, 2.45) is 0 Å². The van der Waals surface area contributed by atoms with Crippen LogP contribution in [0.15, 0.2) is 52.6 Å². The quantitative estimate of drug-likeness (QED) is 0.771. The molecule has 0 fully saturated rings. The van der Waals surface area contributed by atoms with E-state index in [4.69, 9.17) is 0 Å². The lowest BCUT2D eigenvalue weighted by Crippen LogP contribution is -2.19. The van der Waals surface area contributed by atoms with E-state index in [1.54, 1.807) is 0 Å². The van der Waals surface area contributed by atoms with Crippen molar-refractivity contribution in [1.82, 2.24) is 10.3 Å². The molecule has 0 saturated heterocycles.